The van der Waals surface area contributed by atoms with Gasteiger partial charge in [0.25, 0.3) is 11.6 Å². The van der Waals surface area contributed by atoms with E-state index in [1.165, 1.54) is 12.1 Å². The highest BCUT2D eigenvalue weighted by atomic mass is 16.6. The quantitative estimate of drug-likeness (QED) is 0.635. The molecule has 1 fully saturated rings. The van der Waals surface area contributed by atoms with Crippen molar-refractivity contribution in [3.63, 3.8) is 0 Å². The molecule has 0 saturated heterocycles. The van der Waals surface area contributed by atoms with Crippen molar-refractivity contribution < 1.29 is 14.8 Å². The summed E-state index contributed by atoms with van der Waals surface area (Å²) in [6, 6.07) is 4.24. The van der Waals surface area contributed by atoms with Gasteiger partial charge >= 0.3 is 0 Å². The van der Waals surface area contributed by atoms with E-state index in [9.17, 15) is 14.9 Å². The Morgan fingerprint density at radius 3 is 2.79 bits per heavy atom. The van der Waals surface area contributed by atoms with Crippen molar-refractivity contribution in [2.45, 2.75) is 25.9 Å². The largest absolute Gasteiger partial charge is 0.393 e. The van der Waals surface area contributed by atoms with Crippen molar-refractivity contribution in [2.24, 2.45) is 5.92 Å². The number of aryl methyl sites for hydroxylation is 1. The molecular weight excluding hydrogens is 248 g/mol. The van der Waals surface area contributed by atoms with Gasteiger partial charge in [-0.2, -0.15) is 0 Å². The van der Waals surface area contributed by atoms with E-state index in [1.54, 1.807) is 13.0 Å². The van der Waals surface area contributed by atoms with Gasteiger partial charge in [0.15, 0.2) is 0 Å². The molecule has 19 heavy (non-hydrogen) atoms. The number of nitrogens with zero attached hydrogens (tertiary/aromatic N) is 1. The van der Waals surface area contributed by atoms with Gasteiger partial charge in [0.05, 0.1) is 11.0 Å². The van der Waals surface area contributed by atoms with E-state index in [1.807, 2.05) is 0 Å². The van der Waals surface area contributed by atoms with Crippen LogP contribution in [0.5, 0.6) is 0 Å². The molecule has 0 radical (unpaired) electrons. The van der Waals surface area contributed by atoms with Crippen LogP contribution in [0.1, 0.15) is 28.8 Å². The van der Waals surface area contributed by atoms with Crippen LogP contribution in [-0.2, 0) is 0 Å². The van der Waals surface area contributed by atoms with E-state index in [2.05, 4.69) is 5.32 Å². The van der Waals surface area contributed by atoms with E-state index < -0.39 is 4.92 Å². The Morgan fingerprint density at radius 2 is 2.21 bits per heavy atom. The molecule has 0 aromatic heterocycles. The number of amides is 1. The minimum Gasteiger partial charge on any atom is -0.393 e. The Morgan fingerprint density at radius 1 is 1.53 bits per heavy atom. The zero-order valence-electron chi connectivity index (χ0n) is 10.6. The van der Waals surface area contributed by atoms with E-state index in [0.29, 0.717) is 36.4 Å². The lowest BCUT2D eigenvalue weighted by Gasteiger charge is -2.31. The van der Waals surface area contributed by atoms with Gasteiger partial charge in [-0.05, 0) is 31.2 Å². The van der Waals surface area contributed by atoms with Crippen LogP contribution in [-0.4, -0.2) is 28.6 Å². The molecule has 0 spiro atoms. The number of hydrogen-bond acceptors (Lipinski definition) is 4. The normalized spacial score (nSPS) is 21.6. The van der Waals surface area contributed by atoms with Crippen LogP contribution in [0.2, 0.25) is 0 Å². The average molecular weight is 264 g/mol. The molecule has 1 aliphatic carbocycles. The second-order valence-corrected chi connectivity index (χ2v) is 4.96. The molecule has 0 unspecified atom stereocenters. The Kier molecular flexibility index (Phi) is 3.80. The number of nitro groups is 1. The van der Waals surface area contributed by atoms with Gasteiger partial charge in [0.2, 0.25) is 0 Å². The van der Waals surface area contributed by atoms with Crippen molar-refractivity contribution >= 4 is 11.6 Å². The number of aliphatic hydroxyl groups excluding tert-OH is 1. The molecule has 102 valence electrons. The smallest absolute Gasteiger partial charge is 0.270 e. The second kappa shape index (κ2) is 5.36. The van der Waals surface area contributed by atoms with E-state index in [0.717, 1.165) is 0 Å². The fourth-order valence-corrected chi connectivity index (χ4v) is 2.17. The van der Waals surface area contributed by atoms with Gasteiger partial charge in [-0.1, -0.05) is 6.07 Å². The van der Waals surface area contributed by atoms with Crippen LogP contribution in [0.25, 0.3) is 0 Å². The lowest BCUT2D eigenvalue weighted by molar-refractivity contribution is -0.384. The number of carbonyl (C=O) groups excluding carboxylic acids is 1. The average Bonchev–Trinajstić information content (AvgIpc) is 2.33. The van der Waals surface area contributed by atoms with Gasteiger partial charge in [0.1, 0.15) is 0 Å². The fourth-order valence-electron chi connectivity index (χ4n) is 2.17. The second-order valence-electron chi connectivity index (χ2n) is 4.96. The zero-order chi connectivity index (χ0) is 14.0. The molecule has 1 aliphatic rings. The predicted octanol–water partition coefficient (Wildman–Crippen LogP) is 1.40. The van der Waals surface area contributed by atoms with Crippen LogP contribution in [0.4, 0.5) is 5.69 Å². The van der Waals surface area contributed by atoms with Crippen LogP contribution in [0, 0.1) is 23.0 Å². The van der Waals surface area contributed by atoms with E-state index in [-0.39, 0.29) is 17.7 Å². The van der Waals surface area contributed by atoms with Crippen LogP contribution in [0.3, 0.4) is 0 Å². The number of nitrogens with one attached hydrogen (secondary N) is 1. The van der Waals surface area contributed by atoms with Crippen molar-refractivity contribution in [1.29, 1.82) is 0 Å². The summed E-state index contributed by atoms with van der Waals surface area (Å²) in [7, 11) is 0. The molecule has 2 N–H and O–H groups in total. The molecule has 6 nitrogen and oxygen atoms in total. The van der Waals surface area contributed by atoms with Crippen LogP contribution >= 0.6 is 0 Å². The Bertz CT molecular complexity index is 509. The van der Waals surface area contributed by atoms with Crippen molar-refractivity contribution in [1.82, 2.24) is 5.32 Å². The van der Waals surface area contributed by atoms with Gasteiger partial charge in [-0.25, -0.2) is 0 Å². The summed E-state index contributed by atoms with van der Waals surface area (Å²) in [5, 5.41) is 22.6. The minimum absolute atomic E-state index is 0.0881. The lowest BCUT2D eigenvalue weighted by Crippen LogP contribution is -2.38. The molecule has 1 amide bonds. The first kappa shape index (κ1) is 13.5. The summed E-state index contributed by atoms with van der Waals surface area (Å²) in [6.45, 7) is 2.24. The van der Waals surface area contributed by atoms with Crippen molar-refractivity contribution in [3.05, 3.63) is 39.4 Å². The first-order chi connectivity index (χ1) is 8.97. The highest BCUT2D eigenvalue weighted by Gasteiger charge is 2.27. The molecule has 0 heterocycles. The third-order valence-electron chi connectivity index (χ3n) is 3.44. The van der Waals surface area contributed by atoms with E-state index >= 15 is 0 Å². The zero-order valence-corrected chi connectivity index (χ0v) is 10.6. The maximum Gasteiger partial charge on any atom is 0.270 e. The molecule has 0 aliphatic heterocycles. The standard InChI is InChI=1S/C13H16N2O4/c1-8-2-3-10(15(18)19)6-12(8)13(17)14-7-9-4-11(16)5-9/h2-3,6,9,11,16H,4-5,7H2,1H3,(H,14,17). The maximum atomic E-state index is 12.0. The number of hydrogen-bond donors (Lipinski definition) is 2. The van der Waals surface area contributed by atoms with Crippen molar-refractivity contribution in [2.75, 3.05) is 6.54 Å². The van der Waals surface area contributed by atoms with E-state index in [4.69, 9.17) is 5.11 Å². The number of non-ortho nitro benzene ring substituents is 1. The first-order valence-electron chi connectivity index (χ1n) is 6.18. The number of rotatable bonds is 4. The number of benzene rings is 1. The maximum absolute atomic E-state index is 12.0. The molecule has 1 aromatic carbocycles. The molecule has 1 aromatic rings. The third kappa shape index (κ3) is 3.08. The Labute approximate surface area is 110 Å². The molecule has 0 atom stereocenters. The first-order valence-corrected chi connectivity index (χ1v) is 6.18. The summed E-state index contributed by atoms with van der Waals surface area (Å²) in [4.78, 5) is 22.1. The SMILES string of the molecule is Cc1ccc([N+](=O)[O-])cc1C(=O)NCC1CC(O)C1. The number of aliphatic hydroxyl groups is 1. The van der Waals surface area contributed by atoms with Gasteiger partial charge in [0, 0.05) is 24.2 Å². The molecule has 2 rings (SSSR count). The Hall–Kier alpha value is -1.95. The molecule has 1 saturated carbocycles. The topological polar surface area (TPSA) is 92.5 Å². The van der Waals surface area contributed by atoms with Gasteiger partial charge in [-0.15, -0.1) is 0 Å². The van der Waals surface area contributed by atoms with Crippen molar-refractivity contribution in [3.8, 4) is 0 Å². The summed E-state index contributed by atoms with van der Waals surface area (Å²) < 4.78 is 0. The summed E-state index contributed by atoms with van der Waals surface area (Å²) in [5.74, 6) is 0.000504. The van der Waals surface area contributed by atoms with Crippen LogP contribution in [0.15, 0.2) is 18.2 Å². The lowest BCUT2D eigenvalue weighted by atomic mass is 9.82. The van der Waals surface area contributed by atoms with Gasteiger partial charge < -0.3 is 10.4 Å². The number of nitro benzene ring substituents is 1. The number of carbonyl (C=O) groups is 1. The monoisotopic (exact) mass is 264 g/mol. The highest BCUT2D eigenvalue weighted by molar-refractivity contribution is 5.96. The molecule has 6 heteroatoms. The fraction of sp³-hybridized carbons (Fsp3) is 0.462. The summed E-state index contributed by atoms with van der Waals surface area (Å²) in [6.07, 6.45) is 1.16. The molecule has 0 bridgehead atoms. The minimum atomic E-state index is -0.515. The third-order valence-corrected chi connectivity index (χ3v) is 3.44. The molecular formula is C13H16N2O4. The summed E-state index contributed by atoms with van der Waals surface area (Å²) in [5.41, 5.74) is 0.945. The van der Waals surface area contributed by atoms with Crippen LogP contribution < -0.4 is 5.32 Å². The highest BCUT2D eigenvalue weighted by Crippen LogP contribution is 2.26. The predicted molar refractivity (Wildman–Crippen MR) is 68.9 cm³/mol. The summed E-state index contributed by atoms with van der Waals surface area (Å²) >= 11 is 0. The Balaban J connectivity index is 2.01. The van der Waals surface area contributed by atoms with Gasteiger partial charge in [-0.3, -0.25) is 14.9 Å².